The molecule has 19 heavy (non-hydrogen) atoms. The fourth-order valence-corrected chi connectivity index (χ4v) is 2.06. The van der Waals surface area contributed by atoms with Gasteiger partial charge in [0.25, 0.3) is 0 Å². The van der Waals surface area contributed by atoms with Crippen molar-refractivity contribution in [2.45, 2.75) is 33.1 Å². The number of aryl methyl sites for hydroxylation is 2. The Balaban J connectivity index is 2.14. The van der Waals surface area contributed by atoms with E-state index in [1.54, 1.807) is 0 Å². The van der Waals surface area contributed by atoms with E-state index in [1.807, 2.05) is 0 Å². The second kappa shape index (κ2) is 6.81. The molecule has 2 aromatic carbocycles. The summed E-state index contributed by atoms with van der Waals surface area (Å²) >= 11 is 0. The van der Waals surface area contributed by atoms with Gasteiger partial charge in [-0.15, -0.1) is 0 Å². The standard InChI is InChI=1S/C19H20/c1-3-6-17-9-11-18(12-10-17)13-14-19-8-5-7-16(4-2)15-19/h5,7-12,15H,3-4,6H2,1-2H3. The molecule has 0 saturated carbocycles. The summed E-state index contributed by atoms with van der Waals surface area (Å²) in [6, 6.07) is 17.0. The average molecular weight is 248 g/mol. The second-order valence-corrected chi connectivity index (χ2v) is 4.75. The Labute approximate surface area is 116 Å². The highest BCUT2D eigenvalue weighted by atomic mass is 14.0. The molecule has 0 heterocycles. The van der Waals surface area contributed by atoms with Gasteiger partial charge >= 0.3 is 0 Å². The van der Waals surface area contributed by atoms with Crippen molar-refractivity contribution in [2.75, 3.05) is 0 Å². The van der Waals surface area contributed by atoms with Crippen LogP contribution in [0.5, 0.6) is 0 Å². The number of benzene rings is 2. The van der Waals surface area contributed by atoms with E-state index in [9.17, 15) is 0 Å². The molecular weight excluding hydrogens is 228 g/mol. The minimum atomic E-state index is 1.06. The molecule has 0 saturated heterocycles. The van der Waals surface area contributed by atoms with Gasteiger partial charge in [0.05, 0.1) is 0 Å². The van der Waals surface area contributed by atoms with Crippen molar-refractivity contribution < 1.29 is 0 Å². The van der Waals surface area contributed by atoms with Crippen molar-refractivity contribution in [2.24, 2.45) is 0 Å². The predicted molar refractivity (Wildman–Crippen MR) is 82.2 cm³/mol. The summed E-state index contributed by atoms with van der Waals surface area (Å²) < 4.78 is 0. The molecule has 0 bridgehead atoms. The fourth-order valence-electron chi connectivity index (χ4n) is 2.06. The summed E-state index contributed by atoms with van der Waals surface area (Å²) in [6.45, 7) is 4.37. The van der Waals surface area contributed by atoms with Crippen molar-refractivity contribution in [3.05, 3.63) is 70.8 Å². The van der Waals surface area contributed by atoms with E-state index in [-0.39, 0.29) is 0 Å². The molecule has 0 aromatic heterocycles. The molecule has 0 amide bonds. The molecule has 0 heteroatoms. The van der Waals surface area contributed by atoms with Crippen molar-refractivity contribution in [3.8, 4) is 11.8 Å². The van der Waals surface area contributed by atoms with Gasteiger partial charge in [0.2, 0.25) is 0 Å². The van der Waals surface area contributed by atoms with Gasteiger partial charge in [0.1, 0.15) is 0 Å². The molecule has 0 aliphatic heterocycles. The third-order valence-corrected chi connectivity index (χ3v) is 3.18. The maximum atomic E-state index is 3.24. The summed E-state index contributed by atoms with van der Waals surface area (Å²) in [5.74, 6) is 6.47. The summed E-state index contributed by atoms with van der Waals surface area (Å²) in [7, 11) is 0. The van der Waals surface area contributed by atoms with Crippen LogP contribution in [-0.2, 0) is 12.8 Å². The number of hydrogen-bond donors (Lipinski definition) is 0. The lowest BCUT2D eigenvalue weighted by Gasteiger charge is -1.98. The molecule has 0 N–H and O–H groups in total. The molecule has 0 radical (unpaired) electrons. The Kier molecular flexibility index (Phi) is 4.81. The maximum Gasteiger partial charge on any atom is 0.0251 e. The molecule has 0 aliphatic carbocycles. The van der Waals surface area contributed by atoms with Gasteiger partial charge < -0.3 is 0 Å². The highest BCUT2D eigenvalue weighted by Gasteiger charge is 1.92. The van der Waals surface area contributed by atoms with E-state index in [0.717, 1.165) is 24.0 Å². The lowest BCUT2D eigenvalue weighted by atomic mass is 10.1. The quantitative estimate of drug-likeness (QED) is 0.696. The first-order valence-electron chi connectivity index (χ1n) is 7.01. The Morgan fingerprint density at radius 1 is 0.789 bits per heavy atom. The molecule has 0 spiro atoms. The van der Waals surface area contributed by atoms with Crippen LogP contribution in [0, 0.1) is 11.8 Å². The van der Waals surface area contributed by atoms with E-state index in [4.69, 9.17) is 0 Å². The zero-order valence-electron chi connectivity index (χ0n) is 11.7. The number of rotatable bonds is 3. The molecule has 96 valence electrons. The van der Waals surface area contributed by atoms with E-state index in [1.165, 1.54) is 17.5 Å². The van der Waals surface area contributed by atoms with E-state index >= 15 is 0 Å². The Hall–Kier alpha value is -2.00. The first-order valence-corrected chi connectivity index (χ1v) is 7.01. The van der Waals surface area contributed by atoms with Crippen LogP contribution in [0.25, 0.3) is 0 Å². The Morgan fingerprint density at radius 2 is 1.53 bits per heavy atom. The summed E-state index contributed by atoms with van der Waals surface area (Å²) in [5, 5.41) is 0. The fraction of sp³-hybridized carbons (Fsp3) is 0.263. The van der Waals surface area contributed by atoms with Crippen LogP contribution >= 0.6 is 0 Å². The van der Waals surface area contributed by atoms with Gasteiger partial charge in [0, 0.05) is 11.1 Å². The van der Waals surface area contributed by atoms with Gasteiger partial charge in [-0.05, 0) is 48.2 Å². The van der Waals surface area contributed by atoms with Crippen molar-refractivity contribution in [1.82, 2.24) is 0 Å². The molecule has 0 unspecified atom stereocenters. The smallest absolute Gasteiger partial charge is 0.0251 e. The Morgan fingerprint density at radius 3 is 2.21 bits per heavy atom. The summed E-state index contributed by atoms with van der Waals surface area (Å²) in [5.41, 5.74) is 4.91. The topological polar surface area (TPSA) is 0 Å². The third kappa shape index (κ3) is 4.00. The van der Waals surface area contributed by atoms with Crippen LogP contribution in [0.4, 0.5) is 0 Å². The highest BCUT2D eigenvalue weighted by Crippen LogP contribution is 2.07. The predicted octanol–water partition coefficient (Wildman–Crippen LogP) is 4.60. The molecule has 0 aliphatic rings. The molecule has 0 atom stereocenters. The summed E-state index contributed by atoms with van der Waals surface area (Å²) in [4.78, 5) is 0. The van der Waals surface area contributed by atoms with Crippen LogP contribution in [0.3, 0.4) is 0 Å². The van der Waals surface area contributed by atoms with E-state index < -0.39 is 0 Å². The van der Waals surface area contributed by atoms with Gasteiger partial charge in [-0.1, -0.05) is 56.4 Å². The van der Waals surface area contributed by atoms with Crippen molar-refractivity contribution in [3.63, 3.8) is 0 Å². The lowest BCUT2D eigenvalue weighted by Crippen LogP contribution is -1.84. The molecule has 2 rings (SSSR count). The minimum absolute atomic E-state index is 1.06. The SMILES string of the molecule is CCCc1ccc(C#Cc2cccc(CC)c2)cc1. The van der Waals surface area contributed by atoms with Crippen LogP contribution in [0.1, 0.15) is 42.5 Å². The van der Waals surface area contributed by atoms with Crippen molar-refractivity contribution >= 4 is 0 Å². The van der Waals surface area contributed by atoms with E-state index in [2.05, 4.69) is 74.2 Å². The highest BCUT2D eigenvalue weighted by molar-refractivity contribution is 5.44. The lowest BCUT2D eigenvalue weighted by molar-refractivity contribution is 0.922. The molecule has 0 fully saturated rings. The Bertz CT molecular complexity index is 579. The van der Waals surface area contributed by atoms with Gasteiger partial charge in [-0.25, -0.2) is 0 Å². The van der Waals surface area contributed by atoms with E-state index in [0.29, 0.717) is 0 Å². The maximum absolute atomic E-state index is 3.24. The molecule has 0 nitrogen and oxygen atoms in total. The molecule has 2 aromatic rings. The van der Waals surface area contributed by atoms with Gasteiger partial charge in [0.15, 0.2) is 0 Å². The second-order valence-electron chi connectivity index (χ2n) is 4.75. The average Bonchev–Trinajstić information content (AvgIpc) is 2.47. The van der Waals surface area contributed by atoms with Gasteiger partial charge in [-0.3, -0.25) is 0 Å². The monoisotopic (exact) mass is 248 g/mol. The van der Waals surface area contributed by atoms with Crippen LogP contribution in [0.15, 0.2) is 48.5 Å². The van der Waals surface area contributed by atoms with Crippen LogP contribution in [0.2, 0.25) is 0 Å². The zero-order valence-corrected chi connectivity index (χ0v) is 11.7. The first-order chi connectivity index (χ1) is 9.31. The van der Waals surface area contributed by atoms with Crippen molar-refractivity contribution in [1.29, 1.82) is 0 Å². The van der Waals surface area contributed by atoms with Gasteiger partial charge in [-0.2, -0.15) is 0 Å². The number of hydrogen-bond acceptors (Lipinski definition) is 0. The largest absolute Gasteiger partial charge is 0.0651 e. The normalized spacial score (nSPS) is 9.79. The van der Waals surface area contributed by atoms with Crippen LogP contribution in [-0.4, -0.2) is 0 Å². The minimum Gasteiger partial charge on any atom is -0.0651 e. The summed E-state index contributed by atoms with van der Waals surface area (Å²) in [6.07, 6.45) is 3.39. The third-order valence-electron chi connectivity index (χ3n) is 3.18. The first kappa shape index (κ1) is 13.4. The van der Waals surface area contributed by atoms with Crippen LogP contribution < -0.4 is 0 Å². The molecular formula is C19H20. The zero-order chi connectivity index (χ0) is 13.5.